The van der Waals surface area contributed by atoms with Crippen molar-refractivity contribution >= 4 is 38.3 Å². The topological polar surface area (TPSA) is 40.6 Å². The molecule has 0 radical (unpaired) electrons. The number of thiocarbonyl (C=S) groups is 1. The van der Waals surface area contributed by atoms with Crippen LogP contribution in [0.5, 0.6) is 0 Å². The fraction of sp³-hybridized carbons (Fsp3) is 0.462. The predicted octanol–water partition coefficient (Wildman–Crippen LogP) is 2.05. The maximum absolute atomic E-state index is 12.8. The van der Waals surface area contributed by atoms with Crippen molar-refractivity contribution in [3.8, 4) is 0 Å². The average molecular weight is 328 g/mol. The minimum absolute atomic E-state index is 0.118. The van der Waals surface area contributed by atoms with Crippen molar-refractivity contribution in [2.24, 2.45) is 0 Å². The van der Waals surface area contributed by atoms with Crippen molar-refractivity contribution < 1.29 is 8.42 Å². The van der Waals surface area contributed by atoms with Crippen LogP contribution in [-0.2, 0) is 10.0 Å². The van der Waals surface area contributed by atoms with Crippen molar-refractivity contribution in [1.29, 1.82) is 0 Å². The van der Waals surface area contributed by atoms with Gasteiger partial charge in [-0.15, -0.1) is 0 Å². The smallest absolute Gasteiger partial charge is 0.244 e. The van der Waals surface area contributed by atoms with Crippen LogP contribution in [0.2, 0.25) is 0 Å². The Balaban J connectivity index is 1.94. The zero-order chi connectivity index (χ0) is 14.3. The third-order valence-corrected chi connectivity index (χ3v) is 7.13. The van der Waals surface area contributed by atoms with E-state index in [0.29, 0.717) is 11.4 Å². The predicted molar refractivity (Wildman–Crippen MR) is 85.2 cm³/mol. The first-order valence-electron chi connectivity index (χ1n) is 6.52. The fourth-order valence-electron chi connectivity index (χ4n) is 2.59. The van der Waals surface area contributed by atoms with Crippen LogP contribution in [0, 0.1) is 6.92 Å². The van der Waals surface area contributed by atoms with E-state index in [0.717, 1.165) is 28.6 Å². The number of nitrogens with zero attached hydrogens (tertiary/aromatic N) is 2. The monoisotopic (exact) mass is 328 g/mol. The molecule has 2 aliphatic rings. The SMILES string of the molecule is Cc1ccc(S(=O)(=O)N2CCCN3C(=S)SC[C@H]32)cc1. The first-order valence-corrected chi connectivity index (χ1v) is 9.35. The molecular weight excluding hydrogens is 312 g/mol. The van der Waals surface area contributed by atoms with Crippen LogP contribution in [0.1, 0.15) is 12.0 Å². The Kier molecular flexibility index (Phi) is 3.79. The molecule has 7 heteroatoms. The van der Waals surface area contributed by atoms with Crippen molar-refractivity contribution in [2.75, 3.05) is 18.8 Å². The van der Waals surface area contributed by atoms with E-state index in [1.807, 2.05) is 24.0 Å². The standard InChI is InChI=1S/C13H16N2O2S3/c1-10-3-5-11(6-4-10)20(16,17)15-8-2-7-14-12(15)9-19-13(14)18/h3-6,12H,2,7-9H2,1H3/t12-/m1/s1. The summed E-state index contributed by atoms with van der Waals surface area (Å²) < 4.78 is 28.0. The van der Waals surface area contributed by atoms with Crippen molar-refractivity contribution in [2.45, 2.75) is 24.4 Å². The Morgan fingerprint density at radius 3 is 2.65 bits per heavy atom. The minimum atomic E-state index is -3.44. The van der Waals surface area contributed by atoms with Gasteiger partial charge in [0.05, 0.1) is 4.90 Å². The van der Waals surface area contributed by atoms with Gasteiger partial charge in [-0.1, -0.05) is 41.7 Å². The van der Waals surface area contributed by atoms with Gasteiger partial charge in [0.1, 0.15) is 10.5 Å². The summed E-state index contributed by atoms with van der Waals surface area (Å²) in [4.78, 5) is 2.41. The summed E-state index contributed by atoms with van der Waals surface area (Å²) in [6.07, 6.45) is 0.704. The molecule has 0 unspecified atom stereocenters. The molecule has 4 nitrogen and oxygen atoms in total. The first kappa shape index (κ1) is 14.3. The zero-order valence-electron chi connectivity index (χ0n) is 11.2. The number of fused-ring (bicyclic) bond motifs is 1. The van der Waals surface area contributed by atoms with Gasteiger partial charge in [-0.2, -0.15) is 4.31 Å². The Bertz CT molecular complexity index is 628. The maximum atomic E-state index is 12.8. The Morgan fingerprint density at radius 1 is 1.25 bits per heavy atom. The molecule has 1 atom stereocenters. The maximum Gasteiger partial charge on any atom is 0.244 e. The lowest BCUT2D eigenvalue weighted by atomic mass is 10.2. The molecule has 2 aliphatic heterocycles. The van der Waals surface area contributed by atoms with Gasteiger partial charge in [-0.3, -0.25) is 0 Å². The number of aryl methyl sites for hydroxylation is 1. The summed E-state index contributed by atoms with van der Waals surface area (Å²) in [5, 5.41) is 0. The molecule has 0 aliphatic carbocycles. The quantitative estimate of drug-likeness (QED) is 0.777. The highest BCUT2D eigenvalue weighted by atomic mass is 32.2. The van der Waals surface area contributed by atoms with E-state index in [1.54, 1.807) is 28.2 Å². The number of hydrogen-bond acceptors (Lipinski definition) is 4. The van der Waals surface area contributed by atoms with Crippen LogP contribution in [0.3, 0.4) is 0 Å². The van der Waals surface area contributed by atoms with Gasteiger partial charge in [0.15, 0.2) is 0 Å². The van der Waals surface area contributed by atoms with Gasteiger partial charge in [0.25, 0.3) is 0 Å². The average Bonchev–Trinajstić information content (AvgIpc) is 2.81. The summed E-state index contributed by atoms with van der Waals surface area (Å²) in [6.45, 7) is 3.38. The highest BCUT2D eigenvalue weighted by molar-refractivity contribution is 8.23. The van der Waals surface area contributed by atoms with Gasteiger partial charge in [-0.05, 0) is 25.5 Å². The van der Waals surface area contributed by atoms with E-state index in [-0.39, 0.29) is 6.17 Å². The van der Waals surface area contributed by atoms with Crippen molar-refractivity contribution in [3.05, 3.63) is 29.8 Å². The lowest BCUT2D eigenvalue weighted by molar-refractivity contribution is 0.154. The molecule has 0 amide bonds. The molecule has 0 aromatic heterocycles. The highest BCUT2D eigenvalue weighted by Gasteiger charge is 2.42. The molecular formula is C13H16N2O2S3. The second kappa shape index (κ2) is 5.29. The van der Waals surface area contributed by atoms with E-state index in [1.165, 1.54) is 0 Å². The molecule has 2 saturated heterocycles. The number of rotatable bonds is 2. The van der Waals surface area contributed by atoms with Crippen LogP contribution in [-0.4, -0.2) is 47.0 Å². The largest absolute Gasteiger partial charge is 0.340 e. The Hall–Kier alpha value is -0.630. The van der Waals surface area contributed by atoms with E-state index < -0.39 is 10.0 Å². The third-order valence-electron chi connectivity index (χ3n) is 3.69. The molecule has 0 spiro atoms. The van der Waals surface area contributed by atoms with Crippen LogP contribution < -0.4 is 0 Å². The summed E-state index contributed by atoms with van der Waals surface area (Å²) >= 11 is 6.87. The molecule has 1 aromatic carbocycles. The molecule has 3 rings (SSSR count). The van der Waals surface area contributed by atoms with E-state index in [9.17, 15) is 8.42 Å². The van der Waals surface area contributed by atoms with Gasteiger partial charge >= 0.3 is 0 Å². The molecule has 1 aromatic rings. The number of thioether (sulfide) groups is 1. The summed E-state index contributed by atoms with van der Waals surface area (Å²) in [7, 11) is -3.44. The lowest BCUT2D eigenvalue weighted by Gasteiger charge is -2.39. The highest BCUT2D eigenvalue weighted by Crippen LogP contribution is 2.33. The van der Waals surface area contributed by atoms with Crippen LogP contribution in [0.4, 0.5) is 0 Å². The Labute approximate surface area is 129 Å². The minimum Gasteiger partial charge on any atom is -0.340 e. The molecule has 20 heavy (non-hydrogen) atoms. The van der Waals surface area contributed by atoms with Crippen molar-refractivity contribution in [1.82, 2.24) is 9.21 Å². The second-order valence-corrected chi connectivity index (χ2v) is 8.58. The van der Waals surface area contributed by atoms with Gasteiger partial charge in [0.2, 0.25) is 10.0 Å². The summed E-state index contributed by atoms with van der Waals surface area (Å²) in [5.41, 5.74) is 1.06. The second-order valence-electron chi connectivity index (χ2n) is 5.03. The van der Waals surface area contributed by atoms with Crippen LogP contribution >= 0.6 is 24.0 Å². The molecule has 0 bridgehead atoms. The summed E-state index contributed by atoms with van der Waals surface area (Å²) in [6, 6.07) is 7.04. The van der Waals surface area contributed by atoms with Gasteiger partial charge in [0, 0.05) is 18.8 Å². The molecule has 2 fully saturated rings. The van der Waals surface area contributed by atoms with Crippen LogP contribution in [0.15, 0.2) is 29.2 Å². The fourth-order valence-corrected chi connectivity index (χ4v) is 5.76. The summed E-state index contributed by atoms with van der Waals surface area (Å²) in [5.74, 6) is 0.726. The molecule has 2 heterocycles. The number of hydrogen-bond donors (Lipinski definition) is 0. The number of benzene rings is 1. The van der Waals surface area contributed by atoms with Crippen molar-refractivity contribution in [3.63, 3.8) is 0 Å². The molecule has 0 saturated carbocycles. The van der Waals surface area contributed by atoms with Gasteiger partial charge in [-0.25, -0.2) is 8.42 Å². The van der Waals surface area contributed by atoms with Gasteiger partial charge < -0.3 is 4.90 Å². The van der Waals surface area contributed by atoms with Crippen LogP contribution in [0.25, 0.3) is 0 Å². The number of sulfonamides is 1. The van der Waals surface area contributed by atoms with E-state index in [4.69, 9.17) is 12.2 Å². The lowest BCUT2D eigenvalue weighted by Crippen LogP contribution is -2.54. The van der Waals surface area contributed by atoms with E-state index in [2.05, 4.69) is 0 Å². The zero-order valence-corrected chi connectivity index (χ0v) is 13.6. The normalized spacial score (nSPS) is 23.9. The van der Waals surface area contributed by atoms with E-state index >= 15 is 0 Å². The first-order chi connectivity index (χ1) is 9.50. The third kappa shape index (κ3) is 2.36. The molecule has 0 N–H and O–H groups in total. The molecule has 108 valence electrons. The Morgan fingerprint density at radius 2 is 1.95 bits per heavy atom.